The van der Waals surface area contributed by atoms with Gasteiger partial charge in [-0.05, 0) is 54.7 Å². The van der Waals surface area contributed by atoms with Crippen molar-refractivity contribution in [2.75, 3.05) is 6.61 Å². The number of ether oxygens (including phenoxy) is 1. The molecule has 144 valence electrons. The summed E-state index contributed by atoms with van der Waals surface area (Å²) < 4.78 is 5.88. The molecule has 0 heterocycles. The number of hydrogen-bond donors (Lipinski definition) is 1. The molecule has 2 heteroatoms. The van der Waals surface area contributed by atoms with Gasteiger partial charge in [0.05, 0.1) is 5.71 Å². The summed E-state index contributed by atoms with van der Waals surface area (Å²) in [5, 5.41) is 10.4. The SMILES string of the molecule is CCC(C)(C)CCC/C=C/C(C)=C\C(=N)COc1cccc2ccccc12. The van der Waals surface area contributed by atoms with Gasteiger partial charge in [0.25, 0.3) is 0 Å². The van der Waals surface area contributed by atoms with E-state index in [1.54, 1.807) is 0 Å². The van der Waals surface area contributed by atoms with Crippen molar-refractivity contribution in [1.82, 2.24) is 0 Å². The van der Waals surface area contributed by atoms with Crippen LogP contribution in [0, 0.1) is 10.8 Å². The van der Waals surface area contributed by atoms with Crippen LogP contribution in [0.4, 0.5) is 0 Å². The summed E-state index contributed by atoms with van der Waals surface area (Å²) >= 11 is 0. The molecule has 0 aromatic heterocycles. The Balaban J connectivity index is 1.82. The van der Waals surface area contributed by atoms with E-state index in [4.69, 9.17) is 10.1 Å². The summed E-state index contributed by atoms with van der Waals surface area (Å²) in [5.74, 6) is 0.831. The van der Waals surface area contributed by atoms with Crippen molar-refractivity contribution in [1.29, 1.82) is 5.41 Å². The summed E-state index contributed by atoms with van der Waals surface area (Å²) in [6.45, 7) is 9.25. The van der Waals surface area contributed by atoms with Gasteiger partial charge >= 0.3 is 0 Å². The van der Waals surface area contributed by atoms with Crippen LogP contribution < -0.4 is 4.74 Å². The number of fused-ring (bicyclic) bond motifs is 1. The molecule has 0 radical (unpaired) electrons. The molecule has 0 saturated heterocycles. The van der Waals surface area contributed by atoms with Gasteiger partial charge in [-0.2, -0.15) is 0 Å². The Hall–Kier alpha value is -2.35. The van der Waals surface area contributed by atoms with Gasteiger partial charge in [-0.3, -0.25) is 0 Å². The van der Waals surface area contributed by atoms with E-state index in [1.165, 1.54) is 19.3 Å². The van der Waals surface area contributed by atoms with Gasteiger partial charge < -0.3 is 10.1 Å². The molecule has 0 aliphatic heterocycles. The summed E-state index contributed by atoms with van der Waals surface area (Å²) in [6.07, 6.45) is 11.0. The van der Waals surface area contributed by atoms with Gasteiger partial charge in [0.15, 0.2) is 0 Å². The third-order valence-corrected chi connectivity index (χ3v) is 5.10. The van der Waals surface area contributed by atoms with Crippen molar-refractivity contribution in [2.24, 2.45) is 5.41 Å². The van der Waals surface area contributed by atoms with Crippen molar-refractivity contribution in [3.05, 3.63) is 66.3 Å². The molecule has 0 fully saturated rings. The lowest BCUT2D eigenvalue weighted by molar-refractivity contribution is 0.314. The Labute approximate surface area is 164 Å². The molecule has 1 N–H and O–H groups in total. The van der Waals surface area contributed by atoms with Crippen molar-refractivity contribution in [3.63, 3.8) is 0 Å². The molecular formula is C25H33NO. The molecule has 2 aromatic rings. The summed E-state index contributed by atoms with van der Waals surface area (Å²) in [5.41, 5.74) is 2.02. The van der Waals surface area contributed by atoms with Crippen LogP contribution in [0.3, 0.4) is 0 Å². The lowest BCUT2D eigenvalue weighted by Gasteiger charge is -2.21. The standard InChI is InChI=1S/C25H33NO/c1-5-25(3,4)17-10-6-7-12-20(2)18-22(26)19-27-24-16-11-14-21-13-8-9-15-23(21)24/h7-9,11-16,18,26H,5-6,10,17,19H2,1-4H3/b12-7+,20-18-,26-22?. The highest BCUT2D eigenvalue weighted by molar-refractivity contribution is 5.95. The molecule has 0 unspecified atom stereocenters. The number of benzene rings is 2. The number of rotatable bonds is 10. The monoisotopic (exact) mass is 363 g/mol. The quantitative estimate of drug-likeness (QED) is 0.267. The molecule has 2 rings (SSSR count). The first-order valence-corrected chi connectivity index (χ1v) is 9.94. The van der Waals surface area contributed by atoms with Gasteiger partial charge in [-0.15, -0.1) is 0 Å². The highest BCUT2D eigenvalue weighted by atomic mass is 16.5. The van der Waals surface area contributed by atoms with Crippen LogP contribution >= 0.6 is 0 Å². The minimum atomic E-state index is 0.282. The first-order valence-electron chi connectivity index (χ1n) is 9.94. The van der Waals surface area contributed by atoms with E-state index in [0.717, 1.165) is 28.5 Å². The Bertz CT molecular complexity index is 809. The first kappa shape index (κ1) is 21.0. The van der Waals surface area contributed by atoms with Gasteiger partial charge in [-0.25, -0.2) is 0 Å². The lowest BCUT2D eigenvalue weighted by Crippen LogP contribution is -2.08. The fourth-order valence-corrected chi connectivity index (χ4v) is 2.99. The predicted octanol–water partition coefficient (Wildman–Crippen LogP) is 7.35. The largest absolute Gasteiger partial charge is 0.487 e. The zero-order valence-electron chi connectivity index (χ0n) is 17.2. The Morgan fingerprint density at radius 1 is 1.11 bits per heavy atom. The zero-order chi connectivity index (χ0) is 19.7. The fraction of sp³-hybridized carbons (Fsp3) is 0.400. The molecule has 0 atom stereocenters. The van der Waals surface area contributed by atoms with Crippen LogP contribution in [0.1, 0.15) is 53.4 Å². The van der Waals surface area contributed by atoms with Crippen molar-refractivity contribution < 1.29 is 4.74 Å². The smallest absolute Gasteiger partial charge is 0.130 e. The second-order valence-electron chi connectivity index (χ2n) is 7.99. The molecule has 0 aliphatic carbocycles. The molecule has 2 aromatic carbocycles. The number of unbranched alkanes of at least 4 members (excludes halogenated alkanes) is 1. The van der Waals surface area contributed by atoms with Gasteiger partial charge in [-0.1, -0.05) is 75.7 Å². The summed E-state index contributed by atoms with van der Waals surface area (Å²) in [6, 6.07) is 14.2. The van der Waals surface area contributed by atoms with Crippen LogP contribution in [0.2, 0.25) is 0 Å². The molecule has 0 spiro atoms. The second kappa shape index (κ2) is 10.1. The van der Waals surface area contributed by atoms with E-state index in [0.29, 0.717) is 11.1 Å². The lowest BCUT2D eigenvalue weighted by atomic mass is 9.85. The maximum atomic E-state index is 8.16. The van der Waals surface area contributed by atoms with E-state index < -0.39 is 0 Å². The van der Waals surface area contributed by atoms with Crippen molar-refractivity contribution >= 4 is 16.5 Å². The average Bonchev–Trinajstić information content (AvgIpc) is 2.66. The third kappa shape index (κ3) is 7.05. The van der Waals surface area contributed by atoms with E-state index in [-0.39, 0.29) is 6.61 Å². The summed E-state index contributed by atoms with van der Waals surface area (Å²) in [7, 11) is 0. The maximum Gasteiger partial charge on any atom is 0.130 e. The fourth-order valence-electron chi connectivity index (χ4n) is 2.99. The minimum absolute atomic E-state index is 0.282. The van der Waals surface area contributed by atoms with Crippen LogP contribution in [0.5, 0.6) is 5.75 Å². The number of allylic oxidation sites excluding steroid dienone is 3. The highest BCUT2D eigenvalue weighted by Crippen LogP contribution is 2.27. The topological polar surface area (TPSA) is 33.1 Å². The van der Waals surface area contributed by atoms with Crippen molar-refractivity contribution in [3.8, 4) is 5.75 Å². The molecule has 0 saturated carbocycles. The first-order chi connectivity index (χ1) is 12.9. The predicted molar refractivity (Wildman–Crippen MR) is 118 cm³/mol. The molecule has 0 amide bonds. The van der Waals surface area contributed by atoms with E-state index in [1.807, 2.05) is 37.3 Å². The zero-order valence-corrected chi connectivity index (χ0v) is 17.2. The van der Waals surface area contributed by atoms with Crippen molar-refractivity contribution in [2.45, 2.75) is 53.4 Å². The Morgan fingerprint density at radius 2 is 1.85 bits per heavy atom. The average molecular weight is 364 g/mol. The van der Waals surface area contributed by atoms with Crippen LogP contribution in [-0.4, -0.2) is 12.3 Å². The van der Waals surface area contributed by atoms with Crippen LogP contribution in [-0.2, 0) is 0 Å². The van der Waals surface area contributed by atoms with E-state index in [2.05, 4.69) is 51.1 Å². The Morgan fingerprint density at radius 3 is 2.63 bits per heavy atom. The minimum Gasteiger partial charge on any atom is -0.487 e. The van der Waals surface area contributed by atoms with E-state index in [9.17, 15) is 0 Å². The molecule has 0 aliphatic rings. The van der Waals surface area contributed by atoms with Crippen LogP contribution in [0.25, 0.3) is 10.8 Å². The van der Waals surface area contributed by atoms with Gasteiger partial charge in [0.1, 0.15) is 12.4 Å². The summed E-state index contributed by atoms with van der Waals surface area (Å²) in [4.78, 5) is 0. The third-order valence-electron chi connectivity index (χ3n) is 5.10. The molecule has 2 nitrogen and oxygen atoms in total. The van der Waals surface area contributed by atoms with Gasteiger partial charge in [0.2, 0.25) is 0 Å². The maximum absolute atomic E-state index is 8.16. The number of nitrogens with one attached hydrogen (secondary N) is 1. The molecular weight excluding hydrogens is 330 g/mol. The van der Waals surface area contributed by atoms with Gasteiger partial charge in [0, 0.05) is 5.39 Å². The molecule has 27 heavy (non-hydrogen) atoms. The molecule has 0 bridgehead atoms. The van der Waals surface area contributed by atoms with Crippen LogP contribution in [0.15, 0.2) is 66.3 Å². The number of hydrogen-bond acceptors (Lipinski definition) is 2. The normalized spacial score (nSPS) is 12.7. The Kier molecular flexibility index (Phi) is 7.84. The highest BCUT2D eigenvalue weighted by Gasteiger charge is 2.13. The second-order valence-corrected chi connectivity index (χ2v) is 7.99. The van der Waals surface area contributed by atoms with E-state index >= 15 is 0 Å².